The molecule has 2 amide bonds. The maximum absolute atomic E-state index is 12.5. The Morgan fingerprint density at radius 3 is 2.12 bits per heavy atom. The van der Waals surface area contributed by atoms with E-state index in [1.807, 2.05) is 0 Å². The van der Waals surface area contributed by atoms with Gasteiger partial charge >= 0.3 is 5.97 Å². The van der Waals surface area contributed by atoms with Gasteiger partial charge in [-0.3, -0.25) is 19.7 Å². The maximum Gasteiger partial charge on any atom is 0.343 e. The number of halogens is 1. The molecule has 212 valence electrons. The number of carbonyl (C=O) groups is 3. The molecule has 0 unspecified atom stereocenters. The van der Waals surface area contributed by atoms with Crippen LogP contribution in [0.5, 0.6) is 11.5 Å². The number of carbonyl (C=O) groups excluding carboxylic acids is 3. The van der Waals surface area contributed by atoms with Crippen LogP contribution in [0, 0.1) is 10.1 Å². The number of anilines is 1. The van der Waals surface area contributed by atoms with Gasteiger partial charge in [-0.1, -0.05) is 15.9 Å². The number of non-ortho nitro benzene ring substituents is 1. The quantitative estimate of drug-likeness (QED) is 0.0718. The van der Waals surface area contributed by atoms with Crippen molar-refractivity contribution in [3.8, 4) is 11.5 Å². The van der Waals surface area contributed by atoms with Gasteiger partial charge in [0.05, 0.1) is 23.3 Å². The first-order chi connectivity index (χ1) is 20.2. The van der Waals surface area contributed by atoms with E-state index < -0.39 is 22.7 Å². The van der Waals surface area contributed by atoms with Gasteiger partial charge in [0.2, 0.25) is 0 Å². The lowest BCUT2D eigenvalue weighted by Gasteiger charge is -2.11. The zero-order valence-electron chi connectivity index (χ0n) is 22.1. The van der Waals surface area contributed by atoms with E-state index in [0.717, 1.165) is 4.47 Å². The summed E-state index contributed by atoms with van der Waals surface area (Å²) in [7, 11) is 0. The zero-order chi connectivity index (χ0) is 30.1. The molecule has 0 aliphatic heterocycles. The fourth-order valence-corrected chi connectivity index (χ4v) is 3.84. The molecule has 12 heteroatoms. The fourth-order valence-electron chi connectivity index (χ4n) is 3.58. The normalized spacial score (nSPS) is 10.6. The number of nitrogens with one attached hydrogen (secondary N) is 2. The summed E-state index contributed by atoms with van der Waals surface area (Å²) in [4.78, 5) is 47.7. The van der Waals surface area contributed by atoms with Crippen LogP contribution in [0.15, 0.2) is 101 Å². The van der Waals surface area contributed by atoms with Crippen molar-refractivity contribution in [2.75, 3.05) is 11.9 Å². The summed E-state index contributed by atoms with van der Waals surface area (Å²) >= 11 is 3.33. The van der Waals surface area contributed by atoms with E-state index in [4.69, 9.17) is 9.47 Å². The first-order valence-corrected chi connectivity index (χ1v) is 13.3. The van der Waals surface area contributed by atoms with Gasteiger partial charge in [0.1, 0.15) is 0 Å². The van der Waals surface area contributed by atoms with Gasteiger partial charge in [-0.25, -0.2) is 10.2 Å². The average Bonchev–Trinajstić information content (AvgIpc) is 2.99. The minimum Gasteiger partial charge on any atom is -0.490 e. The van der Waals surface area contributed by atoms with Crippen LogP contribution in [0.25, 0.3) is 0 Å². The molecule has 0 bridgehead atoms. The van der Waals surface area contributed by atoms with Crippen molar-refractivity contribution >= 4 is 51.3 Å². The van der Waals surface area contributed by atoms with Crippen molar-refractivity contribution in [2.24, 2.45) is 5.10 Å². The van der Waals surface area contributed by atoms with E-state index in [1.165, 1.54) is 42.6 Å². The maximum atomic E-state index is 12.5. The topological polar surface area (TPSA) is 149 Å². The van der Waals surface area contributed by atoms with E-state index in [2.05, 4.69) is 31.8 Å². The lowest BCUT2D eigenvalue weighted by molar-refractivity contribution is -0.384. The molecule has 2 N–H and O–H groups in total. The van der Waals surface area contributed by atoms with Crippen molar-refractivity contribution in [2.45, 2.75) is 6.92 Å². The van der Waals surface area contributed by atoms with Gasteiger partial charge in [-0.2, -0.15) is 5.10 Å². The lowest BCUT2D eigenvalue weighted by atomic mass is 10.1. The molecule has 0 spiro atoms. The highest BCUT2D eigenvalue weighted by Crippen LogP contribution is 2.29. The number of nitrogens with zero attached hydrogens (tertiary/aromatic N) is 2. The Balaban J connectivity index is 1.34. The van der Waals surface area contributed by atoms with E-state index >= 15 is 0 Å². The number of nitro groups is 1. The smallest absolute Gasteiger partial charge is 0.343 e. The van der Waals surface area contributed by atoms with Gasteiger partial charge in [-0.15, -0.1) is 0 Å². The Morgan fingerprint density at radius 1 is 0.857 bits per heavy atom. The van der Waals surface area contributed by atoms with E-state index in [-0.39, 0.29) is 17.0 Å². The summed E-state index contributed by atoms with van der Waals surface area (Å²) in [6.07, 6.45) is 1.42. The number of hydrogen-bond donors (Lipinski definition) is 2. The molecule has 4 aromatic rings. The lowest BCUT2D eigenvalue weighted by Crippen LogP contribution is -2.18. The van der Waals surface area contributed by atoms with Crippen LogP contribution < -0.4 is 20.2 Å². The molecule has 0 heterocycles. The minimum absolute atomic E-state index is 0.116. The van der Waals surface area contributed by atoms with Crippen molar-refractivity contribution < 1.29 is 28.8 Å². The summed E-state index contributed by atoms with van der Waals surface area (Å²) in [6, 6.07) is 22.9. The summed E-state index contributed by atoms with van der Waals surface area (Å²) in [6.45, 7) is 2.14. The molecule has 42 heavy (non-hydrogen) atoms. The SMILES string of the molecule is CCOc1cc(/C=N\NC(=O)c2ccc(NC(=O)c3ccc([N+](=O)[O-])cc3)cc2)ccc1OC(=O)c1ccc(Br)cc1. The van der Waals surface area contributed by atoms with Crippen LogP contribution in [0.3, 0.4) is 0 Å². The van der Waals surface area contributed by atoms with Crippen LogP contribution in [0.2, 0.25) is 0 Å². The predicted molar refractivity (Wildman–Crippen MR) is 159 cm³/mol. The number of nitro benzene ring substituents is 1. The molecule has 0 aliphatic rings. The molecule has 0 radical (unpaired) electrons. The summed E-state index contributed by atoms with van der Waals surface area (Å²) in [5.74, 6) is -0.887. The van der Waals surface area contributed by atoms with Gasteiger partial charge in [0.25, 0.3) is 17.5 Å². The number of esters is 1. The van der Waals surface area contributed by atoms with Crippen LogP contribution >= 0.6 is 15.9 Å². The molecule has 0 atom stereocenters. The van der Waals surface area contributed by atoms with Gasteiger partial charge in [-0.05, 0) is 91.3 Å². The number of rotatable bonds is 10. The molecule has 0 saturated heterocycles. The van der Waals surface area contributed by atoms with Crippen LogP contribution in [0.1, 0.15) is 43.6 Å². The van der Waals surface area contributed by atoms with Crippen molar-refractivity contribution in [3.63, 3.8) is 0 Å². The molecule has 11 nitrogen and oxygen atoms in total. The van der Waals surface area contributed by atoms with Crippen molar-refractivity contribution in [1.29, 1.82) is 0 Å². The second-order valence-electron chi connectivity index (χ2n) is 8.57. The number of hydrogen-bond acceptors (Lipinski definition) is 8. The average molecular weight is 631 g/mol. The molecule has 0 saturated carbocycles. The highest BCUT2D eigenvalue weighted by Gasteiger charge is 2.14. The standard InChI is InChI=1S/C30H23BrN4O7/c1-2-41-27-17-19(3-16-26(27)42-30(38)22-4-10-23(31)11-5-22)18-32-34-29(37)21-6-12-24(13-7-21)33-28(36)20-8-14-25(15-9-20)35(39)40/h3-18H,2H2,1H3,(H,33,36)(H,34,37)/b32-18-. The highest BCUT2D eigenvalue weighted by molar-refractivity contribution is 9.10. The van der Waals surface area contributed by atoms with Crippen LogP contribution in [0.4, 0.5) is 11.4 Å². The van der Waals surface area contributed by atoms with Gasteiger partial charge in [0.15, 0.2) is 11.5 Å². The summed E-state index contributed by atoms with van der Waals surface area (Å²) in [5.41, 5.74) is 4.27. The van der Waals surface area contributed by atoms with E-state index in [9.17, 15) is 24.5 Å². The fraction of sp³-hybridized carbons (Fsp3) is 0.0667. The number of ether oxygens (including phenoxy) is 2. The Kier molecular flexibility index (Phi) is 9.74. The van der Waals surface area contributed by atoms with E-state index in [1.54, 1.807) is 61.5 Å². The van der Waals surface area contributed by atoms with Crippen LogP contribution in [-0.2, 0) is 0 Å². The first-order valence-electron chi connectivity index (χ1n) is 12.5. The van der Waals surface area contributed by atoms with Gasteiger partial charge in [0, 0.05) is 33.4 Å². The third-order valence-electron chi connectivity index (χ3n) is 5.68. The van der Waals surface area contributed by atoms with E-state index in [0.29, 0.717) is 34.7 Å². The molecular formula is C30H23BrN4O7. The largest absolute Gasteiger partial charge is 0.490 e. The molecular weight excluding hydrogens is 608 g/mol. The zero-order valence-corrected chi connectivity index (χ0v) is 23.7. The molecule has 4 aromatic carbocycles. The molecule has 4 rings (SSSR count). The second-order valence-corrected chi connectivity index (χ2v) is 9.49. The summed E-state index contributed by atoms with van der Waals surface area (Å²) < 4.78 is 12.0. The summed E-state index contributed by atoms with van der Waals surface area (Å²) in [5, 5.41) is 17.4. The van der Waals surface area contributed by atoms with Crippen molar-refractivity contribution in [1.82, 2.24) is 5.43 Å². The number of benzene rings is 4. The van der Waals surface area contributed by atoms with Crippen LogP contribution in [-0.4, -0.2) is 35.5 Å². The third kappa shape index (κ3) is 7.86. The number of hydrazone groups is 1. The predicted octanol–water partition coefficient (Wildman–Crippen LogP) is 5.99. The van der Waals surface area contributed by atoms with Gasteiger partial charge < -0.3 is 14.8 Å². The highest BCUT2D eigenvalue weighted by atomic mass is 79.9. The Bertz CT molecular complexity index is 1640. The monoisotopic (exact) mass is 630 g/mol. The Morgan fingerprint density at radius 2 is 1.48 bits per heavy atom. The van der Waals surface area contributed by atoms with Crippen molar-refractivity contribution in [3.05, 3.63) is 128 Å². The minimum atomic E-state index is -0.547. The molecule has 0 fully saturated rings. The number of amides is 2. The molecule has 0 aliphatic carbocycles. The molecule has 0 aromatic heterocycles. The third-order valence-corrected chi connectivity index (χ3v) is 6.20. The second kappa shape index (κ2) is 13.8. The Hall–Kier alpha value is -5.36. The Labute approximate surface area is 248 Å². The first kappa shape index (κ1) is 29.6.